The Morgan fingerprint density at radius 1 is 1.29 bits per heavy atom. The van der Waals surface area contributed by atoms with E-state index in [-0.39, 0.29) is 5.97 Å². The van der Waals surface area contributed by atoms with Gasteiger partial charge in [0, 0.05) is 0 Å². The molecular weight excluding hydrogens is 216 g/mol. The molecule has 92 valence electrons. The molecule has 1 aromatic rings. The maximum absolute atomic E-state index is 11.3. The van der Waals surface area contributed by atoms with Gasteiger partial charge in [0.2, 0.25) is 0 Å². The zero-order valence-electron chi connectivity index (χ0n) is 10.7. The minimum atomic E-state index is -0.351. The molecule has 0 aliphatic heterocycles. The maximum atomic E-state index is 11.3. The van der Waals surface area contributed by atoms with E-state index < -0.39 is 0 Å². The first-order valence-electron chi connectivity index (χ1n) is 5.62. The number of carbonyl (C=O) groups excluding carboxylic acids is 1. The van der Waals surface area contributed by atoms with Gasteiger partial charge in [-0.25, -0.2) is 4.79 Å². The van der Waals surface area contributed by atoms with Crippen LogP contribution in [0.25, 0.3) is 0 Å². The monoisotopic (exact) mass is 234 g/mol. The lowest BCUT2D eigenvalue weighted by Gasteiger charge is -2.05. The molecule has 0 heterocycles. The van der Waals surface area contributed by atoms with E-state index in [1.54, 1.807) is 13.8 Å². The van der Waals surface area contributed by atoms with Gasteiger partial charge in [-0.2, -0.15) is 0 Å². The number of hydrogen-bond acceptors (Lipinski definition) is 3. The topological polar surface area (TPSA) is 35.5 Å². The predicted molar refractivity (Wildman–Crippen MR) is 66.9 cm³/mol. The second-order valence-corrected chi connectivity index (χ2v) is 3.89. The summed E-state index contributed by atoms with van der Waals surface area (Å²) in [6.07, 6.45) is 1.42. The van der Waals surface area contributed by atoms with Crippen molar-refractivity contribution >= 4 is 5.97 Å². The van der Waals surface area contributed by atoms with Crippen LogP contribution in [-0.4, -0.2) is 12.6 Å². The van der Waals surface area contributed by atoms with Crippen LogP contribution in [-0.2, 0) is 9.53 Å². The molecule has 3 heteroatoms. The molecule has 0 amide bonds. The second-order valence-electron chi connectivity index (χ2n) is 3.89. The number of benzene rings is 1. The van der Waals surface area contributed by atoms with Crippen molar-refractivity contribution < 1.29 is 14.3 Å². The number of rotatable bonds is 4. The SMILES string of the molecule is CCOC(=O)/C(C)=C/Oc1ccc(C)c(C)c1. The minimum absolute atomic E-state index is 0.351. The Bertz CT molecular complexity index is 433. The third kappa shape index (κ3) is 3.94. The molecule has 0 fully saturated rings. The lowest BCUT2D eigenvalue weighted by Crippen LogP contribution is -2.06. The summed E-state index contributed by atoms with van der Waals surface area (Å²) < 4.78 is 10.3. The molecular formula is C14H18O3. The van der Waals surface area contributed by atoms with Crippen molar-refractivity contribution in [1.29, 1.82) is 0 Å². The Morgan fingerprint density at radius 2 is 2.00 bits per heavy atom. The van der Waals surface area contributed by atoms with Gasteiger partial charge in [-0.1, -0.05) is 6.07 Å². The molecule has 3 nitrogen and oxygen atoms in total. The van der Waals surface area contributed by atoms with E-state index in [9.17, 15) is 4.79 Å². The van der Waals surface area contributed by atoms with Crippen LogP contribution in [0.5, 0.6) is 5.75 Å². The van der Waals surface area contributed by atoms with Crippen LogP contribution in [0.2, 0.25) is 0 Å². The average Bonchev–Trinajstić information content (AvgIpc) is 2.30. The first kappa shape index (κ1) is 13.3. The van der Waals surface area contributed by atoms with E-state index in [1.807, 2.05) is 32.0 Å². The van der Waals surface area contributed by atoms with Gasteiger partial charge in [-0.15, -0.1) is 0 Å². The number of esters is 1. The Balaban J connectivity index is 2.69. The van der Waals surface area contributed by atoms with E-state index >= 15 is 0 Å². The van der Waals surface area contributed by atoms with Gasteiger partial charge in [0.25, 0.3) is 0 Å². The Hall–Kier alpha value is -1.77. The van der Waals surface area contributed by atoms with Gasteiger partial charge in [-0.05, 0) is 51.0 Å². The lowest BCUT2D eigenvalue weighted by molar-refractivity contribution is -0.138. The number of hydrogen-bond donors (Lipinski definition) is 0. The van der Waals surface area contributed by atoms with E-state index in [0.717, 1.165) is 11.3 Å². The van der Waals surface area contributed by atoms with Crippen molar-refractivity contribution in [2.75, 3.05) is 6.61 Å². The third-order valence-corrected chi connectivity index (χ3v) is 2.45. The van der Waals surface area contributed by atoms with Crippen LogP contribution in [0.1, 0.15) is 25.0 Å². The Labute approximate surface area is 102 Å². The largest absolute Gasteiger partial charge is 0.464 e. The molecule has 1 aromatic carbocycles. The summed E-state index contributed by atoms with van der Waals surface area (Å²) in [4.78, 5) is 11.3. The average molecular weight is 234 g/mol. The molecule has 0 spiro atoms. The highest BCUT2D eigenvalue weighted by Crippen LogP contribution is 2.17. The van der Waals surface area contributed by atoms with Crippen molar-refractivity contribution in [2.24, 2.45) is 0 Å². The quantitative estimate of drug-likeness (QED) is 0.456. The number of ether oxygens (including phenoxy) is 2. The van der Waals surface area contributed by atoms with E-state index in [0.29, 0.717) is 12.2 Å². The summed E-state index contributed by atoms with van der Waals surface area (Å²) in [6.45, 7) is 7.87. The highest BCUT2D eigenvalue weighted by molar-refractivity contribution is 5.87. The molecule has 0 aliphatic carbocycles. The summed E-state index contributed by atoms with van der Waals surface area (Å²) in [5.41, 5.74) is 2.82. The number of carbonyl (C=O) groups is 1. The van der Waals surface area contributed by atoms with Crippen molar-refractivity contribution in [3.63, 3.8) is 0 Å². The van der Waals surface area contributed by atoms with Crippen LogP contribution < -0.4 is 4.74 Å². The van der Waals surface area contributed by atoms with Gasteiger partial charge in [-0.3, -0.25) is 0 Å². The maximum Gasteiger partial charge on any atom is 0.336 e. The lowest BCUT2D eigenvalue weighted by atomic mass is 10.1. The van der Waals surface area contributed by atoms with E-state index in [4.69, 9.17) is 9.47 Å². The van der Waals surface area contributed by atoms with E-state index in [2.05, 4.69) is 0 Å². The molecule has 0 bridgehead atoms. The van der Waals surface area contributed by atoms with Gasteiger partial charge < -0.3 is 9.47 Å². The fourth-order valence-corrected chi connectivity index (χ4v) is 1.24. The van der Waals surface area contributed by atoms with Gasteiger partial charge in [0.15, 0.2) is 0 Å². The third-order valence-electron chi connectivity index (χ3n) is 2.45. The fourth-order valence-electron chi connectivity index (χ4n) is 1.24. The van der Waals surface area contributed by atoms with Crippen LogP contribution in [0.4, 0.5) is 0 Å². The summed E-state index contributed by atoms with van der Waals surface area (Å²) in [5, 5.41) is 0. The Morgan fingerprint density at radius 3 is 2.59 bits per heavy atom. The standard InChI is InChI=1S/C14H18O3/c1-5-16-14(15)12(4)9-17-13-7-6-10(2)11(3)8-13/h6-9H,5H2,1-4H3/b12-9+. The van der Waals surface area contributed by atoms with E-state index in [1.165, 1.54) is 11.8 Å². The second kappa shape index (κ2) is 6.09. The first-order chi connectivity index (χ1) is 8.04. The smallest absolute Gasteiger partial charge is 0.336 e. The van der Waals surface area contributed by atoms with Crippen molar-refractivity contribution in [3.05, 3.63) is 41.2 Å². The van der Waals surface area contributed by atoms with Crippen LogP contribution in [0, 0.1) is 13.8 Å². The predicted octanol–water partition coefficient (Wildman–Crippen LogP) is 3.15. The summed E-state index contributed by atoms with van der Waals surface area (Å²) in [5.74, 6) is 0.369. The van der Waals surface area contributed by atoms with Crippen molar-refractivity contribution in [2.45, 2.75) is 27.7 Å². The first-order valence-corrected chi connectivity index (χ1v) is 5.62. The zero-order valence-corrected chi connectivity index (χ0v) is 10.7. The molecule has 0 N–H and O–H groups in total. The van der Waals surface area contributed by atoms with Crippen LogP contribution in [0.15, 0.2) is 30.0 Å². The fraction of sp³-hybridized carbons (Fsp3) is 0.357. The van der Waals surface area contributed by atoms with Crippen molar-refractivity contribution in [1.82, 2.24) is 0 Å². The molecule has 0 saturated heterocycles. The highest BCUT2D eigenvalue weighted by atomic mass is 16.5. The molecule has 17 heavy (non-hydrogen) atoms. The summed E-state index contributed by atoms with van der Waals surface area (Å²) >= 11 is 0. The van der Waals surface area contributed by atoms with Gasteiger partial charge >= 0.3 is 5.97 Å². The minimum Gasteiger partial charge on any atom is -0.464 e. The van der Waals surface area contributed by atoms with Crippen LogP contribution in [0.3, 0.4) is 0 Å². The molecule has 0 aliphatic rings. The molecule has 0 atom stereocenters. The number of aryl methyl sites for hydroxylation is 2. The normalized spacial score (nSPS) is 11.2. The Kier molecular flexibility index (Phi) is 4.76. The van der Waals surface area contributed by atoms with Gasteiger partial charge in [0.05, 0.1) is 12.2 Å². The highest BCUT2D eigenvalue weighted by Gasteiger charge is 2.04. The van der Waals surface area contributed by atoms with Gasteiger partial charge in [0.1, 0.15) is 12.0 Å². The molecule has 1 rings (SSSR count). The van der Waals surface area contributed by atoms with Crippen LogP contribution >= 0.6 is 0 Å². The molecule has 0 unspecified atom stereocenters. The zero-order chi connectivity index (χ0) is 12.8. The van der Waals surface area contributed by atoms with Crippen molar-refractivity contribution in [3.8, 4) is 5.75 Å². The summed E-state index contributed by atoms with van der Waals surface area (Å²) in [6, 6.07) is 5.79. The molecule has 0 saturated carbocycles. The molecule has 0 aromatic heterocycles. The summed E-state index contributed by atoms with van der Waals surface area (Å²) in [7, 11) is 0. The molecule has 0 radical (unpaired) electrons.